The van der Waals surface area contributed by atoms with Gasteiger partial charge in [0.15, 0.2) is 5.65 Å². The molecule has 2 aliphatic rings. The number of carboxylic acids is 1. The highest BCUT2D eigenvalue weighted by molar-refractivity contribution is 5.98. The van der Waals surface area contributed by atoms with Crippen molar-refractivity contribution >= 4 is 28.9 Å². The van der Waals surface area contributed by atoms with E-state index in [0.29, 0.717) is 36.4 Å². The SMILES string of the molecule is CC(=O)O.CN1CCN([C@H]2CC[C@@H](n3nc(-c4ccc(Oc5ccc(CNC(=O)NCc6ccccc6)cc5)cc4)c4c(N)ncnc43)CC2)CC1. The van der Waals surface area contributed by atoms with Crippen molar-refractivity contribution < 1.29 is 19.4 Å². The third kappa shape index (κ3) is 9.42. The number of anilines is 1. The van der Waals surface area contributed by atoms with E-state index < -0.39 is 5.97 Å². The van der Waals surface area contributed by atoms with Gasteiger partial charge in [-0.15, -0.1) is 0 Å². The number of likely N-dealkylation sites (N-methyl/N-ethyl adjacent to an activating group) is 1. The summed E-state index contributed by atoms with van der Waals surface area (Å²) in [6, 6.07) is 26.1. The largest absolute Gasteiger partial charge is 0.481 e. The number of hydrogen-bond donors (Lipinski definition) is 4. The predicted molar refractivity (Wildman–Crippen MR) is 201 cm³/mol. The monoisotopic (exact) mass is 705 g/mol. The molecule has 0 bridgehead atoms. The van der Waals surface area contributed by atoms with E-state index in [1.54, 1.807) is 0 Å². The molecule has 272 valence electrons. The molecule has 7 rings (SSSR count). The van der Waals surface area contributed by atoms with Crippen LogP contribution in [0.25, 0.3) is 22.3 Å². The summed E-state index contributed by atoms with van der Waals surface area (Å²) in [6.07, 6.45) is 6.01. The lowest BCUT2D eigenvalue weighted by atomic mass is 9.90. The Hall–Kier alpha value is -5.53. The summed E-state index contributed by atoms with van der Waals surface area (Å²) in [5.41, 5.74) is 11.0. The molecule has 0 atom stereocenters. The summed E-state index contributed by atoms with van der Waals surface area (Å²) >= 11 is 0. The maximum Gasteiger partial charge on any atom is 0.315 e. The molecule has 5 aromatic rings. The Morgan fingerprint density at radius 1 is 0.808 bits per heavy atom. The quantitative estimate of drug-likeness (QED) is 0.150. The molecule has 2 aromatic heterocycles. The lowest BCUT2D eigenvalue weighted by molar-refractivity contribution is -0.134. The van der Waals surface area contributed by atoms with Crippen molar-refractivity contribution in [3.63, 3.8) is 0 Å². The lowest BCUT2D eigenvalue weighted by Crippen LogP contribution is -2.49. The highest BCUT2D eigenvalue weighted by Gasteiger charge is 2.30. The predicted octanol–water partition coefficient (Wildman–Crippen LogP) is 5.69. The van der Waals surface area contributed by atoms with Crippen LogP contribution in [0.1, 0.15) is 49.8 Å². The molecule has 3 aromatic carbocycles. The summed E-state index contributed by atoms with van der Waals surface area (Å²) in [5.74, 6) is 1.02. The van der Waals surface area contributed by atoms with E-state index in [2.05, 4.69) is 42.1 Å². The molecule has 52 heavy (non-hydrogen) atoms. The van der Waals surface area contributed by atoms with Gasteiger partial charge in [-0.25, -0.2) is 19.4 Å². The zero-order valence-corrected chi connectivity index (χ0v) is 29.7. The van der Waals surface area contributed by atoms with Crippen LogP contribution >= 0.6 is 0 Å². The minimum Gasteiger partial charge on any atom is -0.481 e. The van der Waals surface area contributed by atoms with Gasteiger partial charge in [-0.3, -0.25) is 9.69 Å². The van der Waals surface area contributed by atoms with Gasteiger partial charge in [0, 0.05) is 57.8 Å². The molecular formula is C39H47N9O4. The van der Waals surface area contributed by atoms with Crippen LogP contribution in [0.2, 0.25) is 0 Å². The summed E-state index contributed by atoms with van der Waals surface area (Å²) in [6.45, 7) is 6.59. The Morgan fingerprint density at radius 2 is 1.37 bits per heavy atom. The first-order valence-corrected chi connectivity index (χ1v) is 17.8. The Bertz CT molecular complexity index is 1910. The number of aromatic nitrogens is 4. The number of amides is 2. The standard InChI is InChI=1S/C37H43N9O2.C2H4O2/c1-44-19-21-45(22-20-44)29-11-13-30(14-12-29)46-36-33(35(38)41-25-42-36)34(43-46)28-9-17-32(18-10-28)48-31-15-7-27(8-16-31)24-40-37(47)39-23-26-5-3-2-4-6-26;1-2(3)4/h2-10,15-18,25,29-30H,11-14,19-24H2,1H3,(H2,38,41,42)(H2,39,40,47);1H3,(H,3,4)/t29-,30+;. The van der Waals surface area contributed by atoms with E-state index in [0.717, 1.165) is 79.4 Å². The summed E-state index contributed by atoms with van der Waals surface area (Å²) < 4.78 is 8.23. The smallest absolute Gasteiger partial charge is 0.315 e. The number of nitrogen functional groups attached to an aromatic ring is 1. The zero-order chi connectivity index (χ0) is 36.5. The third-order valence-corrected chi connectivity index (χ3v) is 9.62. The Labute approximate surface area is 303 Å². The molecule has 1 aliphatic carbocycles. The van der Waals surface area contributed by atoms with Crippen LogP contribution in [0.3, 0.4) is 0 Å². The van der Waals surface area contributed by atoms with Gasteiger partial charge in [-0.2, -0.15) is 5.10 Å². The van der Waals surface area contributed by atoms with Crippen molar-refractivity contribution in [2.75, 3.05) is 39.0 Å². The Kier molecular flexibility index (Phi) is 11.9. The van der Waals surface area contributed by atoms with Gasteiger partial charge in [0.2, 0.25) is 0 Å². The fourth-order valence-corrected chi connectivity index (χ4v) is 6.82. The van der Waals surface area contributed by atoms with Crippen LogP contribution < -0.4 is 21.1 Å². The molecule has 1 saturated carbocycles. The van der Waals surface area contributed by atoms with Gasteiger partial charge >= 0.3 is 6.03 Å². The average molecular weight is 706 g/mol. The fraction of sp³-hybridized carbons (Fsp3) is 0.359. The first-order valence-electron chi connectivity index (χ1n) is 17.8. The van der Waals surface area contributed by atoms with Gasteiger partial charge in [0.25, 0.3) is 5.97 Å². The van der Waals surface area contributed by atoms with Crippen LogP contribution in [0, 0.1) is 0 Å². The number of ether oxygens (including phenoxy) is 1. The second-order valence-electron chi connectivity index (χ2n) is 13.4. The van der Waals surface area contributed by atoms with Gasteiger partial charge in [0.1, 0.15) is 29.3 Å². The topological polar surface area (TPSA) is 164 Å². The molecule has 0 spiro atoms. The van der Waals surface area contributed by atoms with Crippen LogP contribution in [-0.4, -0.2) is 85.9 Å². The minimum absolute atomic E-state index is 0.209. The van der Waals surface area contributed by atoms with E-state index >= 15 is 0 Å². The maximum atomic E-state index is 12.2. The number of benzene rings is 3. The average Bonchev–Trinajstić information content (AvgIpc) is 3.56. The van der Waals surface area contributed by atoms with Gasteiger partial charge < -0.3 is 31.1 Å². The summed E-state index contributed by atoms with van der Waals surface area (Å²) in [5, 5.41) is 19.1. The summed E-state index contributed by atoms with van der Waals surface area (Å²) in [4.78, 5) is 35.2. The number of hydrogen-bond acceptors (Lipinski definition) is 9. The fourth-order valence-electron chi connectivity index (χ4n) is 6.82. The van der Waals surface area contributed by atoms with E-state index in [9.17, 15) is 4.79 Å². The van der Waals surface area contributed by atoms with Crippen LogP contribution in [0.15, 0.2) is 85.2 Å². The van der Waals surface area contributed by atoms with Gasteiger partial charge in [-0.1, -0.05) is 42.5 Å². The zero-order valence-electron chi connectivity index (χ0n) is 29.7. The van der Waals surface area contributed by atoms with Crippen molar-refractivity contribution in [1.82, 2.24) is 40.2 Å². The lowest BCUT2D eigenvalue weighted by Gasteiger charge is -2.41. The number of carbonyl (C=O) groups excluding carboxylic acids is 1. The maximum absolute atomic E-state index is 12.2. The molecule has 13 heteroatoms. The third-order valence-electron chi connectivity index (χ3n) is 9.62. The molecule has 0 radical (unpaired) electrons. The molecule has 3 heterocycles. The van der Waals surface area contributed by atoms with Crippen LogP contribution in [0.4, 0.5) is 10.6 Å². The second-order valence-corrected chi connectivity index (χ2v) is 13.4. The number of rotatable bonds is 9. The molecule has 1 aliphatic heterocycles. The number of nitrogens with one attached hydrogen (secondary N) is 2. The minimum atomic E-state index is -0.833. The Morgan fingerprint density at radius 3 is 1.98 bits per heavy atom. The number of nitrogens with zero attached hydrogens (tertiary/aromatic N) is 6. The number of fused-ring (bicyclic) bond motifs is 1. The normalized spacial score (nSPS) is 17.9. The highest BCUT2D eigenvalue weighted by Crippen LogP contribution is 2.37. The number of piperazine rings is 1. The van der Waals surface area contributed by atoms with E-state index in [1.165, 1.54) is 19.2 Å². The van der Waals surface area contributed by atoms with E-state index in [-0.39, 0.29) is 12.1 Å². The van der Waals surface area contributed by atoms with Crippen molar-refractivity contribution in [2.45, 2.75) is 57.8 Å². The number of urea groups is 1. The van der Waals surface area contributed by atoms with Crippen LogP contribution in [-0.2, 0) is 17.9 Å². The first kappa shape index (κ1) is 36.3. The molecular weight excluding hydrogens is 658 g/mol. The van der Waals surface area contributed by atoms with Crippen molar-refractivity contribution in [1.29, 1.82) is 0 Å². The van der Waals surface area contributed by atoms with Gasteiger partial charge in [0.05, 0.1) is 11.4 Å². The van der Waals surface area contributed by atoms with E-state index in [1.807, 2.05) is 78.9 Å². The molecule has 5 N–H and O–H groups in total. The first-order chi connectivity index (χ1) is 25.2. The van der Waals surface area contributed by atoms with Crippen LogP contribution in [0.5, 0.6) is 11.5 Å². The van der Waals surface area contributed by atoms with Crippen molar-refractivity contribution in [3.8, 4) is 22.8 Å². The number of carboxylic acid groups (broad SMARTS) is 1. The van der Waals surface area contributed by atoms with Crippen molar-refractivity contribution in [2.24, 2.45) is 0 Å². The van der Waals surface area contributed by atoms with Crippen molar-refractivity contribution in [3.05, 3.63) is 96.3 Å². The number of nitrogens with two attached hydrogens (primary N) is 1. The second kappa shape index (κ2) is 17.1. The highest BCUT2D eigenvalue weighted by atomic mass is 16.5. The molecule has 0 unspecified atom stereocenters. The van der Waals surface area contributed by atoms with Gasteiger partial charge in [-0.05, 0) is 80.3 Å². The molecule has 1 saturated heterocycles. The molecule has 2 amide bonds. The molecule has 2 fully saturated rings. The van der Waals surface area contributed by atoms with E-state index in [4.69, 9.17) is 25.5 Å². The summed E-state index contributed by atoms with van der Waals surface area (Å²) in [7, 11) is 2.21. The number of aliphatic carboxylic acids is 1. The Balaban J connectivity index is 0.00000110. The molecule has 13 nitrogen and oxygen atoms in total. The number of carbonyl (C=O) groups is 2.